The van der Waals surface area contributed by atoms with Crippen LogP contribution in [0.25, 0.3) is 11.3 Å². The minimum atomic E-state index is 0.205. The number of anilines is 2. The maximum absolute atomic E-state index is 5.78. The Morgan fingerprint density at radius 2 is 2.00 bits per heavy atom. The van der Waals surface area contributed by atoms with Gasteiger partial charge in [0.25, 0.3) is 0 Å². The van der Waals surface area contributed by atoms with E-state index in [2.05, 4.69) is 15.3 Å². The van der Waals surface area contributed by atoms with E-state index >= 15 is 0 Å². The fourth-order valence-corrected chi connectivity index (χ4v) is 2.36. The van der Waals surface area contributed by atoms with E-state index in [0.29, 0.717) is 18.1 Å². The van der Waals surface area contributed by atoms with Crippen LogP contribution in [0.15, 0.2) is 47.3 Å². The van der Waals surface area contributed by atoms with Crippen LogP contribution in [0.1, 0.15) is 5.56 Å². The molecule has 3 N–H and O–H groups in total. The molecular formula is C16H14N4O3. The van der Waals surface area contributed by atoms with Crippen LogP contribution in [-0.2, 0) is 6.54 Å². The quantitative estimate of drug-likeness (QED) is 0.764. The smallest absolute Gasteiger partial charge is 0.231 e. The number of benzene rings is 1. The summed E-state index contributed by atoms with van der Waals surface area (Å²) in [4.78, 5) is 8.41. The second-order valence-electron chi connectivity index (χ2n) is 5.05. The summed E-state index contributed by atoms with van der Waals surface area (Å²) in [6.07, 6.45) is 3.21. The van der Waals surface area contributed by atoms with Gasteiger partial charge in [0.15, 0.2) is 11.5 Å². The van der Waals surface area contributed by atoms with E-state index in [4.69, 9.17) is 19.6 Å². The number of nitrogens with one attached hydrogen (secondary N) is 1. The number of hydrogen-bond acceptors (Lipinski definition) is 7. The average Bonchev–Trinajstić information content (AvgIpc) is 3.23. The Balaban J connectivity index is 1.53. The fraction of sp³-hybridized carbons (Fsp3) is 0.125. The summed E-state index contributed by atoms with van der Waals surface area (Å²) in [7, 11) is 0. The van der Waals surface area contributed by atoms with Gasteiger partial charge in [-0.05, 0) is 23.8 Å². The lowest BCUT2D eigenvalue weighted by Crippen LogP contribution is -2.05. The van der Waals surface area contributed by atoms with E-state index in [1.54, 1.807) is 12.5 Å². The summed E-state index contributed by atoms with van der Waals surface area (Å²) in [5.74, 6) is 2.37. The number of ether oxygens (including phenoxy) is 2. The number of nitrogens with two attached hydrogens (primary N) is 1. The van der Waals surface area contributed by atoms with Crippen molar-refractivity contribution in [3.63, 3.8) is 0 Å². The standard InChI is InChI=1S/C16H14N4O3/c17-16-19-12(11-3-4-21-8-11)6-15(20-16)18-7-10-1-2-13-14(5-10)23-9-22-13/h1-6,8H,7,9H2,(H3,17,18,19,20). The van der Waals surface area contributed by atoms with Crippen molar-refractivity contribution in [1.29, 1.82) is 0 Å². The Labute approximate surface area is 132 Å². The van der Waals surface area contributed by atoms with Gasteiger partial charge in [0.1, 0.15) is 5.82 Å². The van der Waals surface area contributed by atoms with Crippen molar-refractivity contribution >= 4 is 11.8 Å². The van der Waals surface area contributed by atoms with Crippen LogP contribution >= 0.6 is 0 Å². The first-order chi connectivity index (χ1) is 11.3. The number of rotatable bonds is 4. The molecule has 1 aliphatic heterocycles. The van der Waals surface area contributed by atoms with Crippen molar-refractivity contribution in [2.75, 3.05) is 17.8 Å². The van der Waals surface area contributed by atoms with Gasteiger partial charge in [-0.3, -0.25) is 0 Å². The van der Waals surface area contributed by atoms with E-state index in [1.807, 2.05) is 30.3 Å². The van der Waals surface area contributed by atoms with Crippen LogP contribution < -0.4 is 20.5 Å². The van der Waals surface area contributed by atoms with Gasteiger partial charge >= 0.3 is 0 Å². The molecule has 0 saturated heterocycles. The predicted molar refractivity (Wildman–Crippen MR) is 84.0 cm³/mol. The summed E-state index contributed by atoms with van der Waals surface area (Å²) >= 11 is 0. The summed E-state index contributed by atoms with van der Waals surface area (Å²) in [5, 5.41) is 3.24. The molecule has 3 heterocycles. The van der Waals surface area contributed by atoms with Crippen molar-refractivity contribution < 1.29 is 13.9 Å². The molecule has 0 amide bonds. The van der Waals surface area contributed by atoms with Crippen molar-refractivity contribution in [2.24, 2.45) is 0 Å². The molecule has 0 aliphatic carbocycles. The van der Waals surface area contributed by atoms with Crippen molar-refractivity contribution in [2.45, 2.75) is 6.54 Å². The van der Waals surface area contributed by atoms with Crippen molar-refractivity contribution in [3.05, 3.63) is 48.4 Å². The fourth-order valence-electron chi connectivity index (χ4n) is 2.36. The van der Waals surface area contributed by atoms with E-state index in [1.165, 1.54) is 0 Å². The molecule has 2 aromatic heterocycles. The molecule has 1 aliphatic rings. The maximum Gasteiger partial charge on any atom is 0.231 e. The molecule has 7 heteroatoms. The molecule has 0 radical (unpaired) electrons. The maximum atomic E-state index is 5.78. The second kappa shape index (κ2) is 5.53. The molecule has 1 aromatic carbocycles. The number of nitrogens with zero attached hydrogens (tertiary/aromatic N) is 2. The highest BCUT2D eigenvalue weighted by Gasteiger charge is 2.13. The highest BCUT2D eigenvalue weighted by molar-refractivity contribution is 5.62. The first-order valence-electron chi connectivity index (χ1n) is 7.07. The second-order valence-corrected chi connectivity index (χ2v) is 5.05. The molecule has 3 aromatic rings. The molecular weight excluding hydrogens is 296 g/mol. The van der Waals surface area contributed by atoms with Crippen LogP contribution in [0.5, 0.6) is 11.5 Å². The van der Waals surface area contributed by atoms with E-state index in [-0.39, 0.29) is 12.7 Å². The lowest BCUT2D eigenvalue weighted by Gasteiger charge is -2.08. The zero-order chi connectivity index (χ0) is 15.6. The topological polar surface area (TPSA) is 95.4 Å². The Kier molecular flexibility index (Phi) is 3.23. The Morgan fingerprint density at radius 1 is 1.09 bits per heavy atom. The predicted octanol–water partition coefficient (Wildman–Crippen LogP) is 2.66. The minimum Gasteiger partial charge on any atom is -0.472 e. The number of furan rings is 1. The van der Waals surface area contributed by atoms with E-state index in [0.717, 1.165) is 22.6 Å². The van der Waals surface area contributed by atoms with Crippen LogP contribution in [0.3, 0.4) is 0 Å². The third-order valence-corrected chi connectivity index (χ3v) is 3.47. The lowest BCUT2D eigenvalue weighted by atomic mass is 10.2. The molecule has 0 atom stereocenters. The van der Waals surface area contributed by atoms with Crippen molar-refractivity contribution in [1.82, 2.24) is 9.97 Å². The van der Waals surface area contributed by atoms with Gasteiger partial charge in [0, 0.05) is 18.2 Å². The monoisotopic (exact) mass is 310 g/mol. The highest BCUT2D eigenvalue weighted by atomic mass is 16.7. The first-order valence-corrected chi connectivity index (χ1v) is 7.07. The Hall–Kier alpha value is -3.22. The SMILES string of the molecule is Nc1nc(NCc2ccc3c(c2)OCO3)cc(-c2ccoc2)n1. The highest BCUT2D eigenvalue weighted by Crippen LogP contribution is 2.32. The molecule has 23 heavy (non-hydrogen) atoms. The van der Waals surface area contributed by atoms with E-state index in [9.17, 15) is 0 Å². The molecule has 4 rings (SSSR count). The van der Waals surface area contributed by atoms with Gasteiger partial charge in [-0.1, -0.05) is 6.07 Å². The summed E-state index contributed by atoms with van der Waals surface area (Å²) < 4.78 is 15.7. The molecule has 0 bridgehead atoms. The number of hydrogen-bond donors (Lipinski definition) is 2. The van der Waals surface area contributed by atoms with Crippen LogP contribution in [0.4, 0.5) is 11.8 Å². The summed E-state index contributed by atoms with van der Waals surface area (Å²) in [6, 6.07) is 9.46. The summed E-state index contributed by atoms with van der Waals surface area (Å²) in [6.45, 7) is 0.848. The zero-order valence-corrected chi connectivity index (χ0v) is 12.2. The molecule has 0 saturated carbocycles. The average molecular weight is 310 g/mol. The van der Waals surface area contributed by atoms with E-state index < -0.39 is 0 Å². The lowest BCUT2D eigenvalue weighted by molar-refractivity contribution is 0.174. The molecule has 7 nitrogen and oxygen atoms in total. The third kappa shape index (κ3) is 2.76. The largest absolute Gasteiger partial charge is 0.472 e. The Morgan fingerprint density at radius 3 is 2.87 bits per heavy atom. The van der Waals surface area contributed by atoms with Crippen LogP contribution in [0.2, 0.25) is 0 Å². The summed E-state index contributed by atoms with van der Waals surface area (Å²) in [5.41, 5.74) is 8.39. The molecule has 0 spiro atoms. The van der Waals surface area contributed by atoms with Gasteiger partial charge in [0.05, 0.1) is 18.2 Å². The number of aromatic nitrogens is 2. The number of nitrogen functional groups attached to an aromatic ring is 1. The van der Waals surface area contributed by atoms with Crippen molar-refractivity contribution in [3.8, 4) is 22.8 Å². The zero-order valence-electron chi connectivity index (χ0n) is 12.2. The molecule has 116 valence electrons. The molecule has 0 unspecified atom stereocenters. The van der Waals surface area contributed by atoms with Gasteiger partial charge < -0.3 is 24.9 Å². The Bertz CT molecular complexity index is 833. The van der Waals surface area contributed by atoms with Gasteiger partial charge in [-0.25, -0.2) is 4.98 Å². The first kappa shape index (κ1) is 13.4. The molecule has 0 fully saturated rings. The third-order valence-electron chi connectivity index (χ3n) is 3.47. The van der Waals surface area contributed by atoms with Gasteiger partial charge in [0.2, 0.25) is 12.7 Å². The van der Waals surface area contributed by atoms with Crippen LogP contribution in [0, 0.1) is 0 Å². The van der Waals surface area contributed by atoms with Gasteiger partial charge in [-0.2, -0.15) is 4.98 Å². The number of fused-ring (bicyclic) bond motifs is 1. The van der Waals surface area contributed by atoms with Crippen LogP contribution in [-0.4, -0.2) is 16.8 Å². The minimum absolute atomic E-state index is 0.205. The normalized spacial score (nSPS) is 12.3. The van der Waals surface area contributed by atoms with Gasteiger partial charge in [-0.15, -0.1) is 0 Å².